The van der Waals surface area contributed by atoms with Gasteiger partial charge in [0, 0.05) is 11.1 Å². The number of rotatable bonds is 2. The van der Waals surface area contributed by atoms with Crippen LogP contribution in [-0.2, 0) is 4.79 Å². The number of carbonyl (C=O) groups is 1. The van der Waals surface area contributed by atoms with Crippen molar-refractivity contribution in [3.05, 3.63) is 47.4 Å². The van der Waals surface area contributed by atoms with Crippen LogP contribution in [0.2, 0.25) is 5.02 Å². The van der Waals surface area contributed by atoms with Gasteiger partial charge in [-0.2, -0.15) is 10.4 Å². The van der Waals surface area contributed by atoms with E-state index in [4.69, 9.17) is 29.1 Å². The Balaban J connectivity index is 1.62. The first kappa shape index (κ1) is 17.1. The number of amides is 1. The van der Waals surface area contributed by atoms with E-state index in [1.807, 2.05) is 29.2 Å². The number of pyridine rings is 1. The van der Waals surface area contributed by atoms with E-state index < -0.39 is 5.54 Å². The van der Waals surface area contributed by atoms with Crippen molar-refractivity contribution in [3.63, 3.8) is 0 Å². The summed E-state index contributed by atoms with van der Waals surface area (Å²) >= 11 is 11.9. The highest BCUT2D eigenvalue weighted by molar-refractivity contribution is 7.81. The van der Waals surface area contributed by atoms with Gasteiger partial charge in [-0.3, -0.25) is 14.8 Å². The number of halogens is 1. The lowest BCUT2D eigenvalue weighted by atomic mass is 9.75. The van der Waals surface area contributed by atoms with Gasteiger partial charge in [-0.05, 0) is 55.7 Å². The Morgan fingerprint density at radius 1 is 1.25 bits per heavy atom. The van der Waals surface area contributed by atoms with Crippen molar-refractivity contribution in [2.75, 3.05) is 9.80 Å². The molecule has 2 aromatic heterocycles. The second-order valence-electron chi connectivity index (χ2n) is 6.92. The second-order valence-corrected chi connectivity index (χ2v) is 7.69. The van der Waals surface area contributed by atoms with Crippen molar-refractivity contribution in [1.82, 2.24) is 15.2 Å². The molecule has 1 aliphatic carbocycles. The number of thiocarbonyl (C=S) groups is 1. The molecule has 1 aliphatic heterocycles. The maximum Gasteiger partial charge on any atom is 0.259 e. The molecule has 9 heteroatoms. The molecule has 2 aliphatic rings. The maximum absolute atomic E-state index is 13.4. The van der Waals surface area contributed by atoms with E-state index in [1.54, 1.807) is 12.3 Å². The highest BCUT2D eigenvalue weighted by Gasteiger charge is 2.59. The van der Waals surface area contributed by atoms with Crippen molar-refractivity contribution in [2.45, 2.75) is 24.8 Å². The highest BCUT2D eigenvalue weighted by Crippen LogP contribution is 2.48. The summed E-state index contributed by atoms with van der Waals surface area (Å²) in [6, 6.07) is 9.33. The van der Waals surface area contributed by atoms with Crippen LogP contribution in [0.4, 0.5) is 11.4 Å². The Morgan fingerprint density at radius 3 is 2.75 bits per heavy atom. The van der Waals surface area contributed by atoms with Gasteiger partial charge in [-0.25, -0.2) is 4.98 Å². The molecule has 28 heavy (non-hydrogen) atoms. The zero-order valence-corrected chi connectivity index (χ0v) is 16.1. The van der Waals surface area contributed by atoms with E-state index in [9.17, 15) is 4.79 Å². The molecule has 7 nitrogen and oxygen atoms in total. The van der Waals surface area contributed by atoms with Crippen molar-refractivity contribution < 1.29 is 4.79 Å². The Morgan fingerprint density at radius 2 is 2.07 bits per heavy atom. The van der Waals surface area contributed by atoms with Crippen LogP contribution < -0.4 is 9.80 Å². The SMILES string of the molecule is N#Cc1ncc(N2C(=O)C3(CCC3)N(c3ccc4[nH]ncc4c3)C2=S)cc1Cl. The van der Waals surface area contributed by atoms with Crippen LogP contribution in [0, 0.1) is 11.3 Å². The molecule has 1 saturated carbocycles. The summed E-state index contributed by atoms with van der Waals surface area (Å²) in [7, 11) is 0. The van der Waals surface area contributed by atoms with E-state index in [0.29, 0.717) is 10.8 Å². The van der Waals surface area contributed by atoms with Gasteiger partial charge in [0.1, 0.15) is 11.6 Å². The van der Waals surface area contributed by atoms with E-state index in [-0.39, 0.29) is 16.6 Å². The summed E-state index contributed by atoms with van der Waals surface area (Å²) in [6.07, 6.45) is 5.62. The Bertz CT molecular complexity index is 1190. The minimum atomic E-state index is -0.686. The molecule has 0 bridgehead atoms. The Labute approximate surface area is 170 Å². The lowest BCUT2D eigenvalue weighted by molar-refractivity contribution is -0.123. The summed E-state index contributed by atoms with van der Waals surface area (Å²) in [5, 5.41) is 17.6. The predicted molar refractivity (Wildman–Crippen MR) is 109 cm³/mol. The first-order valence-corrected chi connectivity index (χ1v) is 9.51. The van der Waals surface area contributed by atoms with Crippen molar-refractivity contribution >= 4 is 57.1 Å². The summed E-state index contributed by atoms with van der Waals surface area (Å²) in [4.78, 5) is 20.9. The zero-order chi connectivity index (χ0) is 19.5. The fourth-order valence-corrected chi connectivity index (χ4v) is 4.58. The number of anilines is 2. The molecule has 3 heterocycles. The molecule has 1 N–H and O–H groups in total. The molecule has 3 aromatic rings. The lowest BCUT2D eigenvalue weighted by Crippen LogP contribution is -2.55. The molecule has 0 unspecified atom stereocenters. The predicted octanol–water partition coefficient (Wildman–Crippen LogP) is 3.54. The van der Waals surface area contributed by atoms with E-state index >= 15 is 0 Å². The third-order valence-corrected chi connectivity index (χ3v) is 6.12. The minimum absolute atomic E-state index is 0.0846. The first-order valence-electron chi connectivity index (χ1n) is 8.73. The van der Waals surface area contributed by atoms with Crippen molar-refractivity contribution in [1.29, 1.82) is 5.26 Å². The zero-order valence-electron chi connectivity index (χ0n) is 14.5. The van der Waals surface area contributed by atoms with Gasteiger partial charge in [-0.1, -0.05) is 11.6 Å². The molecule has 5 rings (SSSR count). The summed E-state index contributed by atoms with van der Waals surface area (Å²) < 4.78 is 0. The smallest absolute Gasteiger partial charge is 0.259 e. The van der Waals surface area contributed by atoms with Crippen LogP contribution in [0.15, 0.2) is 36.7 Å². The number of carbonyl (C=O) groups excluding carboxylic acids is 1. The van der Waals surface area contributed by atoms with Gasteiger partial charge in [0.15, 0.2) is 10.8 Å². The van der Waals surface area contributed by atoms with Gasteiger partial charge < -0.3 is 4.90 Å². The average Bonchev–Trinajstić information content (AvgIpc) is 3.20. The molecule has 138 valence electrons. The second kappa shape index (κ2) is 5.99. The van der Waals surface area contributed by atoms with Crippen LogP contribution in [0.3, 0.4) is 0 Å². The largest absolute Gasteiger partial charge is 0.303 e. The molecule has 1 saturated heterocycles. The molecule has 0 atom stereocenters. The molecular formula is C19H13ClN6OS. The van der Waals surface area contributed by atoms with Crippen LogP contribution in [0.5, 0.6) is 0 Å². The number of aromatic nitrogens is 3. The van der Waals surface area contributed by atoms with Crippen LogP contribution in [0.25, 0.3) is 10.9 Å². The number of fused-ring (bicyclic) bond motifs is 1. The quantitative estimate of drug-likeness (QED) is 0.652. The number of nitrogens with one attached hydrogen (secondary N) is 1. The van der Waals surface area contributed by atoms with Crippen LogP contribution in [-0.4, -0.2) is 31.7 Å². The number of nitrogens with zero attached hydrogens (tertiary/aromatic N) is 5. The standard InChI is InChI=1S/C19H13ClN6OS/c20-14-7-13(10-22-16(14)8-21)25-17(27)19(4-1-5-19)26(18(25)28)12-2-3-15-11(6-12)9-23-24-15/h2-3,6-7,9-10H,1,4-5H2,(H,23,24). The maximum atomic E-state index is 13.4. The van der Waals surface area contributed by atoms with Gasteiger partial charge in [0.2, 0.25) is 0 Å². The monoisotopic (exact) mass is 408 g/mol. The third kappa shape index (κ3) is 2.20. The third-order valence-electron chi connectivity index (χ3n) is 5.47. The molecule has 1 aromatic carbocycles. The molecule has 2 fully saturated rings. The summed E-state index contributed by atoms with van der Waals surface area (Å²) in [5.41, 5.74) is 1.67. The van der Waals surface area contributed by atoms with Crippen molar-refractivity contribution in [2.24, 2.45) is 0 Å². The number of aromatic amines is 1. The van der Waals surface area contributed by atoms with E-state index in [0.717, 1.165) is 35.9 Å². The number of hydrogen-bond acceptors (Lipinski definition) is 5. The van der Waals surface area contributed by atoms with Crippen molar-refractivity contribution in [3.8, 4) is 6.07 Å². The van der Waals surface area contributed by atoms with Crippen LogP contribution in [0.1, 0.15) is 25.0 Å². The molecule has 1 spiro atoms. The molecule has 1 amide bonds. The number of nitriles is 1. The fourth-order valence-electron chi connectivity index (χ4n) is 3.91. The number of benzene rings is 1. The summed E-state index contributed by atoms with van der Waals surface area (Å²) in [6.45, 7) is 0. The van der Waals surface area contributed by atoms with Gasteiger partial charge in [0.05, 0.1) is 28.6 Å². The Kier molecular flexibility index (Phi) is 3.66. The van der Waals surface area contributed by atoms with Gasteiger partial charge >= 0.3 is 0 Å². The lowest BCUT2D eigenvalue weighted by Gasteiger charge is -2.43. The van der Waals surface area contributed by atoms with Gasteiger partial charge in [-0.15, -0.1) is 0 Å². The summed E-state index contributed by atoms with van der Waals surface area (Å²) in [5.74, 6) is -0.0846. The van der Waals surface area contributed by atoms with E-state index in [1.165, 1.54) is 11.1 Å². The van der Waals surface area contributed by atoms with E-state index in [2.05, 4.69) is 15.2 Å². The van der Waals surface area contributed by atoms with Gasteiger partial charge in [0.25, 0.3) is 5.91 Å². The number of hydrogen-bond donors (Lipinski definition) is 1. The Hall–Kier alpha value is -3.02. The number of H-pyrrole nitrogens is 1. The van der Waals surface area contributed by atoms with Crippen LogP contribution >= 0.6 is 23.8 Å². The average molecular weight is 409 g/mol. The first-order chi connectivity index (χ1) is 13.5. The topological polar surface area (TPSA) is 88.9 Å². The molecule has 0 radical (unpaired) electrons. The highest BCUT2D eigenvalue weighted by atomic mass is 35.5. The molecular weight excluding hydrogens is 396 g/mol. The normalized spacial score (nSPS) is 18.0. The fraction of sp³-hybridized carbons (Fsp3) is 0.211. The minimum Gasteiger partial charge on any atom is -0.303 e.